The van der Waals surface area contributed by atoms with Gasteiger partial charge in [-0.1, -0.05) is 19.9 Å². The van der Waals surface area contributed by atoms with E-state index in [4.69, 9.17) is 0 Å². The van der Waals surface area contributed by atoms with Gasteiger partial charge in [0.25, 0.3) is 5.91 Å². The summed E-state index contributed by atoms with van der Waals surface area (Å²) < 4.78 is 0. The van der Waals surface area contributed by atoms with Crippen molar-refractivity contribution in [2.75, 3.05) is 18.0 Å². The van der Waals surface area contributed by atoms with Crippen LogP contribution in [0.1, 0.15) is 68.6 Å². The van der Waals surface area contributed by atoms with Gasteiger partial charge < -0.3 is 10.2 Å². The summed E-state index contributed by atoms with van der Waals surface area (Å²) in [6.07, 6.45) is 5.29. The SMILES string of the molecule is C/C=C(\C)NC(=O)c1c(N2CCCC(C)(C)CC2)nnc(C)c1C. The molecule has 0 spiro atoms. The number of anilines is 1. The molecule has 1 N–H and O–H groups in total. The zero-order chi connectivity index (χ0) is 17.9. The summed E-state index contributed by atoms with van der Waals surface area (Å²) in [4.78, 5) is 15.0. The first-order valence-corrected chi connectivity index (χ1v) is 8.78. The molecule has 2 rings (SSSR count). The van der Waals surface area contributed by atoms with Crippen molar-refractivity contribution in [1.29, 1.82) is 0 Å². The number of nitrogens with zero attached hydrogens (tertiary/aromatic N) is 3. The molecule has 0 radical (unpaired) electrons. The van der Waals surface area contributed by atoms with Gasteiger partial charge in [0.15, 0.2) is 5.82 Å². The summed E-state index contributed by atoms with van der Waals surface area (Å²) in [6, 6.07) is 0. The molecular formula is C19H30N4O. The molecule has 0 atom stereocenters. The van der Waals surface area contributed by atoms with Crippen LogP contribution in [0.5, 0.6) is 0 Å². The van der Waals surface area contributed by atoms with Crippen LogP contribution in [0, 0.1) is 19.3 Å². The molecular weight excluding hydrogens is 300 g/mol. The first-order valence-electron chi connectivity index (χ1n) is 8.78. The highest BCUT2D eigenvalue weighted by Crippen LogP contribution is 2.32. The zero-order valence-corrected chi connectivity index (χ0v) is 15.9. The Morgan fingerprint density at radius 2 is 1.92 bits per heavy atom. The van der Waals surface area contributed by atoms with Gasteiger partial charge in [-0.3, -0.25) is 4.79 Å². The Balaban J connectivity index is 2.39. The van der Waals surface area contributed by atoms with Crippen LogP contribution in [0.15, 0.2) is 11.8 Å². The van der Waals surface area contributed by atoms with Gasteiger partial charge in [0.05, 0.1) is 11.3 Å². The van der Waals surface area contributed by atoms with Gasteiger partial charge in [-0.2, -0.15) is 5.10 Å². The Bertz CT molecular complexity index is 649. The highest BCUT2D eigenvalue weighted by atomic mass is 16.1. The third-order valence-electron chi connectivity index (χ3n) is 5.05. The Kier molecular flexibility index (Phi) is 5.62. The van der Waals surface area contributed by atoms with Crippen LogP contribution < -0.4 is 10.2 Å². The van der Waals surface area contributed by atoms with Crippen LogP contribution in [-0.2, 0) is 0 Å². The lowest BCUT2D eigenvalue weighted by atomic mass is 9.85. The number of carbonyl (C=O) groups is 1. The third kappa shape index (κ3) is 4.13. The Morgan fingerprint density at radius 3 is 2.58 bits per heavy atom. The third-order valence-corrected chi connectivity index (χ3v) is 5.05. The normalized spacial score (nSPS) is 18.2. The fourth-order valence-corrected chi connectivity index (χ4v) is 3.04. The van der Waals surface area contributed by atoms with E-state index in [-0.39, 0.29) is 5.91 Å². The molecule has 1 fully saturated rings. The number of nitrogens with one attached hydrogen (secondary N) is 1. The van der Waals surface area contributed by atoms with Crippen molar-refractivity contribution in [3.05, 3.63) is 28.6 Å². The Hall–Kier alpha value is -1.91. The van der Waals surface area contributed by atoms with Gasteiger partial charge >= 0.3 is 0 Å². The quantitative estimate of drug-likeness (QED) is 0.916. The van der Waals surface area contributed by atoms with Crippen molar-refractivity contribution in [3.8, 4) is 0 Å². The Morgan fingerprint density at radius 1 is 1.21 bits per heavy atom. The van der Waals surface area contributed by atoms with E-state index in [2.05, 4.69) is 34.3 Å². The van der Waals surface area contributed by atoms with Crippen molar-refractivity contribution in [2.45, 2.75) is 60.8 Å². The van der Waals surface area contributed by atoms with E-state index in [9.17, 15) is 4.79 Å². The summed E-state index contributed by atoms with van der Waals surface area (Å²) in [7, 11) is 0. The molecule has 1 aromatic rings. The van der Waals surface area contributed by atoms with Gasteiger partial charge in [-0.05, 0) is 57.9 Å². The number of aromatic nitrogens is 2. The van der Waals surface area contributed by atoms with Crippen LogP contribution in [-0.4, -0.2) is 29.2 Å². The van der Waals surface area contributed by atoms with Gasteiger partial charge in [0, 0.05) is 18.8 Å². The molecule has 0 saturated carbocycles. The fraction of sp³-hybridized carbons (Fsp3) is 0.632. The topological polar surface area (TPSA) is 58.1 Å². The molecule has 1 amide bonds. The summed E-state index contributed by atoms with van der Waals surface area (Å²) in [5, 5.41) is 11.6. The minimum Gasteiger partial charge on any atom is -0.354 e. The number of aryl methyl sites for hydroxylation is 1. The van der Waals surface area contributed by atoms with E-state index in [0.29, 0.717) is 11.0 Å². The molecule has 0 unspecified atom stereocenters. The van der Waals surface area contributed by atoms with Crippen LogP contribution in [0.4, 0.5) is 5.82 Å². The highest BCUT2D eigenvalue weighted by Gasteiger charge is 2.27. The van der Waals surface area contributed by atoms with Crippen molar-refractivity contribution in [2.24, 2.45) is 5.41 Å². The number of amides is 1. The number of allylic oxidation sites excluding steroid dienone is 2. The second kappa shape index (κ2) is 7.32. The van der Waals surface area contributed by atoms with Gasteiger partial charge in [-0.25, -0.2) is 0 Å². The maximum Gasteiger partial charge on any atom is 0.259 e. The fourth-order valence-electron chi connectivity index (χ4n) is 3.04. The first-order chi connectivity index (χ1) is 11.2. The average Bonchev–Trinajstić information content (AvgIpc) is 2.70. The molecule has 5 nitrogen and oxygen atoms in total. The lowest BCUT2D eigenvalue weighted by molar-refractivity contribution is 0.0965. The smallest absolute Gasteiger partial charge is 0.259 e. The monoisotopic (exact) mass is 330 g/mol. The molecule has 1 aromatic heterocycles. The minimum absolute atomic E-state index is 0.0976. The van der Waals surface area contributed by atoms with Crippen LogP contribution in [0.25, 0.3) is 0 Å². The van der Waals surface area contributed by atoms with Crippen molar-refractivity contribution >= 4 is 11.7 Å². The van der Waals surface area contributed by atoms with E-state index in [1.807, 2.05) is 33.8 Å². The molecule has 5 heteroatoms. The molecule has 132 valence electrons. The van der Waals surface area contributed by atoms with E-state index in [0.717, 1.165) is 48.7 Å². The number of hydrogen-bond acceptors (Lipinski definition) is 4. The molecule has 1 aliphatic heterocycles. The summed E-state index contributed by atoms with van der Waals surface area (Å²) in [6.45, 7) is 14.1. The summed E-state index contributed by atoms with van der Waals surface area (Å²) >= 11 is 0. The van der Waals surface area contributed by atoms with Crippen molar-refractivity contribution in [3.63, 3.8) is 0 Å². The molecule has 2 heterocycles. The standard InChI is InChI=1S/C19H30N4O/c1-7-13(2)20-18(24)16-14(3)15(4)21-22-17(16)23-11-8-9-19(5,6)10-12-23/h7H,8-12H2,1-6H3,(H,20,24)/b13-7+. The molecule has 24 heavy (non-hydrogen) atoms. The molecule has 1 aliphatic rings. The van der Waals surface area contributed by atoms with Crippen molar-refractivity contribution in [1.82, 2.24) is 15.5 Å². The largest absolute Gasteiger partial charge is 0.354 e. The number of carbonyl (C=O) groups excluding carboxylic acids is 1. The summed E-state index contributed by atoms with van der Waals surface area (Å²) in [5.74, 6) is 0.622. The predicted molar refractivity (Wildman–Crippen MR) is 98.2 cm³/mol. The first kappa shape index (κ1) is 18.4. The van der Waals surface area contributed by atoms with Gasteiger partial charge in [0.1, 0.15) is 0 Å². The van der Waals surface area contributed by atoms with Crippen molar-refractivity contribution < 1.29 is 4.79 Å². The highest BCUT2D eigenvalue weighted by molar-refractivity contribution is 6.01. The van der Waals surface area contributed by atoms with Crippen LogP contribution in [0.2, 0.25) is 0 Å². The van der Waals surface area contributed by atoms with E-state index >= 15 is 0 Å². The minimum atomic E-state index is -0.0976. The maximum atomic E-state index is 12.8. The van der Waals surface area contributed by atoms with E-state index < -0.39 is 0 Å². The van der Waals surface area contributed by atoms with Crippen LogP contribution >= 0.6 is 0 Å². The van der Waals surface area contributed by atoms with Crippen LogP contribution in [0.3, 0.4) is 0 Å². The Labute approximate surface area is 145 Å². The average molecular weight is 330 g/mol. The second-order valence-corrected chi connectivity index (χ2v) is 7.54. The second-order valence-electron chi connectivity index (χ2n) is 7.54. The number of hydrogen-bond donors (Lipinski definition) is 1. The summed E-state index contributed by atoms with van der Waals surface area (Å²) in [5.41, 5.74) is 3.55. The number of rotatable bonds is 3. The zero-order valence-electron chi connectivity index (χ0n) is 15.9. The van der Waals surface area contributed by atoms with E-state index in [1.165, 1.54) is 6.42 Å². The molecule has 0 aromatic carbocycles. The van der Waals surface area contributed by atoms with Gasteiger partial charge in [-0.15, -0.1) is 5.10 Å². The molecule has 1 saturated heterocycles. The molecule has 0 aliphatic carbocycles. The molecule has 0 bridgehead atoms. The lowest BCUT2D eigenvalue weighted by Gasteiger charge is -2.26. The van der Waals surface area contributed by atoms with E-state index in [1.54, 1.807) is 0 Å². The predicted octanol–water partition coefficient (Wildman–Crippen LogP) is 3.76. The lowest BCUT2D eigenvalue weighted by Crippen LogP contribution is -2.32. The van der Waals surface area contributed by atoms with Gasteiger partial charge in [0.2, 0.25) is 0 Å². The maximum absolute atomic E-state index is 12.8.